The third-order valence-electron chi connectivity index (χ3n) is 6.88. The predicted octanol–water partition coefficient (Wildman–Crippen LogP) is 4.12. The Morgan fingerprint density at radius 2 is 1.57 bits per heavy atom. The highest BCUT2D eigenvalue weighted by molar-refractivity contribution is 5.95. The summed E-state index contributed by atoms with van der Waals surface area (Å²) in [7, 11) is 0. The van der Waals surface area contributed by atoms with Crippen molar-refractivity contribution >= 4 is 23.5 Å². The SMILES string of the molecule is NC(=O)c1ccc(NC(=O)N2CCN(C(=O)c3cccc(OCCC4CCCCC4)c3)CC2)cc1. The maximum absolute atomic E-state index is 13.0. The number of urea groups is 1. The standard InChI is InChI=1S/C27H34N4O4/c28-25(32)21-9-11-23(12-10-21)29-27(34)31-16-14-30(15-17-31)26(33)22-7-4-8-24(19-22)35-18-13-20-5-2-1-3-6-20/h4,7-12,19-20H,1-3,5-6,13-18H2,(H2,28,32)(H,29,34). The Bertz CT molecular complexity index is 1030. The van der Waals surface area contributed by atoms with E-state index in [0.717, 1.165) is 18.1 Å². The highest BCUT2D eigenvalue weighted by Gasteiger charge is 2.25. The lowest BCUT2D eigenvalue weighted by molar-refractivity contribution is 0.0671. The highest BCUT2D eigenvalue weighted by Crippen LogP contribution is 2.26. The van der Waals surface area contributed by atoms with Crippen LogP contribution in [0.25, 0.3) is 0 Å². The minimum absolute atomic E-state index is 0.0511. The zero-order valence-corrected chi connectivity index (χ0v) is 20.1. The number of anilines is 1. The van der Waals surface area contributed by atoms with Crippen LogP contribution in [0.3, 0.4) is 0 Å². The van der Waals surface area contributed by atoms with Crippen molar-refractivity contribution in [1.29, 1.82) is 0 Å². The topological polar surface area (TPSA) is 105 Å². The van der Waals surface area contributed by atoms with Gasteiger partial charge in [-0.25, -0.2) is 4.79 Å². The monoisotopic (exact) mass is 478 g/mol. The summed E-state index contributed by atoms with van der Waals surface area (Å²) in [6, 6.07) is 13.6. The van der Waals surface area contributed by atoms with Crippen LogP contribution in [-0.2, 0) is 0 Å². The Morgan fingerprint density at radius 3 is 2.26 bits per heavy atom. The van der Waals surface area contributed by atoms with E-state index in [2.05, 4.69) is 5.32 Å². The van der Waals surface area contributed by atoms with Crippen molar-refractivity contribution in [2.24, 2.45) is 11.7 Å². The molecule has 0 bridgehead atoms. The first-order valence-electron chi connectivity index (χ1n) is 12.5. The van der Waals surface area contributed by atoms with Crippen LogP contribution in [0.5, 0.6) is 5.75 Å². The molecule has 2 fully saturated rings. The summed E-state index contributed by atoms with van der Waals surface area (Å²) in [5.41, 5.74) is 6.82. The van der Waals surface area contributed by atoms with E-state index in [0.29, 0.717) is 49.6 Å². The fourth-order valence-corrected chi connectivity index (χ4v) is 4.75. The lowest BCUT2D eigenvalue weighted by atomic mass is 9.87. The van der Waals surface area contributed by atoms with E-state index < -0.39 is 5.91 Å². The molecule has 1 aliphatic heterocycles. The largest absolute Gasteiger partial charge is 0.494 e. The first kappa shape index (κ1) is 24.6. The number of hydrogen-bond acceptors (Lipinski definition) is 4. The average Bonchev–Trinajstić information content (AvgIpc) is 2.89. The van der Waals surface area contributed by atoms with Gasteiger partial charge in [0.1, 0.15) is 5.75 Å². The van der Waals surface area contributed by atoms with Gasteiger partial charge in [-0.15, -0.1) is 0 Å². The van der Waals surface area contributed by atoms with Gasteiger partial charge < -0.3 is 25.6 Å². The number of rotatable bonds is 7. The van der Waals surface area contributed by atoms with Gasteiger partial charge in [0, 0.05) is 43.0 Å². The first-order valence-corrected chi connectivity index (χ1v) is 12.5. The summed E-state index contributed by atoms with van der Waals surface area (Å²) < 4.78 is 5.95. The fraction of sp³-hybridized carbons (Fsp3) is 0.444. The Balaban J connectivity index is 1.24. The van der Waals surface area contributed by atoms with Gasteiger partial charge in [0.25, 0.3) is 5.91 Å². The molecule has 4 amide bonds. The van der Waals surface area contributed by atoms with Gasteiger partial charge in [0.05, 0.1) is 6.61 Å². The molecule has 1 saturated carbocycles. The number of hydrogen-bond donors (Lipinski definition) is 2. The summed E-state index contributed by atoms with van der Waals surface area (Å²) >= 11 is 0. The lowest BCUT2D eigenvalue weighted by Crippen LogP contribution is -2.51. The summed E-state index contributed by atoms with van der Waals surface area (Å²) in [6.07, 6.45) is 7.67. The van der Waals surface area contributed by atoms with Gasteiger partial charge in [-0.2, -0.15) is 0 Å². The lowest BCUT2D eigenvalue weighted by Gasteiger charge is -2.34. The van der Waals surface area contributed by atoms with E-state index in [4.69, 9.17) is 10.5 Å². The van der Waals surface area contributed by atoms with E-state index in [1.165, 1.54) is 32.1 Å². The van der Waals surface area contributed by atoms with Gasteiger partial charge in [0.2, 0.25) is 5.91 Å². The minimum atomic E-state index is -0.514. The second kappa shape index (κ2) is 11.7. The van der Waals surface area contributed by atoms with Crippen LogP contribution in [0.15, 0.2) is 48.5 Å². The number of carbonyl (C=O) groups excluding carboxylic acids is 3. The molecule has 0 unspecified atom stereocenters. The van der Waals surface area contributed by atoms with Crippen molar-refractivity contribution in [1.82, 2.24) is 9.80 Å². The van der Waals surface area contributed by atoms with E-state index in [1.807, 2.05) is 24.3 Å². The third-order valence-corrected chi connectivity index (χ3v) is 6.88. The molecule has 8 heteroatoms. The first-order chi connectivity index (χ1) is 17.0. The van der Waals surface area contributed by atoms with E-state index in [9.17, 15) is 14.4 Å². The number of nitrogens with zero attached hydrogens (tertiary/aromatic N) is 2. The summed E-state index contributed by atoms with van der Waals surface area (Å²) in [5, 5.41) is 2.82. The number of nitrogens with two attached hydrogens (primary N) is 1. The van der Waals surface area contributed by atoms with Crippen LogP contribution >= 0.6 is 0 Å². The molecular formula is C27H34N4O4. The Hall–Kier alpha value is -3.55. The van der Waals surface area contributed by atoms with Crippen LogP contribution < -0.4 is 15.8 Å². The summed E-state index contributed by atoms with van der Waals surface area (Å²) in [4.78, 5) is 40.3. The van der Waals surface area contributed by atoms with Gasteiger partial charge in [-0.3, -0.25) is 9.59 Å². The number of ether oxygens (including phenoxy) is 1. The molecule has 1 saturated heterocycles. The zero-order valence-electron chi connectivity index (χ0n) is 20.1. The normalized spacial score (nSPS) is 16.6. The summed E-state index contributed by atoms with van der Waals surface area (Å²) in [6.45, 7) is 2.48. The maximum atomic E-state index is 13.0. The van der Waals surface area contributed by atoms with E-state index >= 15 is 0 Å². The van der Waals surface area contributed by atoms with Crippen LogP contribution in [0.2, 0.25) is 0 Å². The molecule has 0 aromatic heterocycles. The second-order valence-corrected chi connectivity index (χ2v) is 9.32. The molecule has 2 aromatic carbocycles. The van der Waals surface area contributed by atoms with Gasteiger partial charge in [0.15, 0.2) is 0 Å². The number of nitrogens with one attached hydrogen (secondary N) is 1. The minimum Gasteiger partial charge on any atom is -0.494 e. The Labute approximate surface area is 206 Å². The molecule has 35 heavy (non-hydrogen) atoms. The van der Waals surface area contributed by atoms with Crippen LogP contribution in [0, 0.1) is 5.92 Å². The third kappa shape index (κ3) is 6.74. The quantitative estimate of drug-likeness (QED) is 0.624. The van der Waals surface area contributed by atoms with Gasteiger partial charge >= 0.3 is 6.03 Å². The fourth-order valence-electron chi connectivity index (χ4n) is 4.75. The van der Waals surface area contributed by atoms with Crippen molar-refractivity contribution in [3.8, 4) is 5.75 Å². The molecule has 1 heterocycles. The molecule has 186 valence electrons. The predicted molar refractivity (Wildman–Crippen MR) is 135 cm³/mol. The van der Waals surface area contributed by atoms with E-state index in [1.54, 1.807) is 34.1 Å². The Kier molecular flexibility index (Phi) is 8.23. The van der Waals surface area contributed by atoms with Crippen molar-refractivity contribution in [3.63, 3.8) is 0 Å². The summed E-state index contributed by atoms with van der Waals surface area (Å²) in [5.74, 6) is 0.925. The number of amides is 4. The van der Waals surface area contributed by atoms with Crippen molar-refractivity contribution in [3.05, 3.63) is 59.7 Å². The smallest absolute Gasteiger partial charge is 0.321 e. The van der Waals surface area contributed by atoms with Gasteiger partial charge in [-0.1, -0.05) is 38.2 Å². The molecule has 2 aromatic rings. The number of piperazine rings is 1. The molecule has 1 aliphatic carbocycles. The van der Waals surface area contributed by atoms with Gasteiger partial charge in [-0.05, 0) is 54.8 Å². The van der Waals surface area contributed by atoms with Crippen molar-refractivity contribution < 1.29 is 19.1 Å². The molecule has 4 rings (SSSR count). The molecule has 0 spiro atoms. The number of benzene rings is 2. The average molecular weight is 479 g/mol. The molecule has 0 radical (unpaired) electrons. The second-order valence-electron chi connectivity index (χ2n) is 9.32. The molecule has 8 nitrogen and oxygen atoms in total. The molecule has 0 atom stereocenters. The van der Waals surface area contributed by atoms with Crippen LogP contribution in [0.4, 0.5) is 10.5 Å². The molecular weight excluding hydrogens is 444 g/mol. The Morgan fingerprint density at radius 1 is 0.886 bits per heavy atom. The molecule has 2 aliphatic rings. The van der Waals surface area contributed by atoms with E-state index in [-0.39, 0.29) is 11.9 Å². The van der Waals surface area contributed by atoms with Crippen molar-refractivity contribution in [2.45, 2.75) is 38.5 Å². The number of carbonyl (C=O) groups is 3. The highest BCUT2D eigenvalue weighted by atomic mass is 16.5. The van der Waals surface area contributed by atoms with Crippen LogP contribution in [-0.4, -0.2) is 60.4 Å². The maximum Gasteiger partial charge on any atom is 0.321 e. The van der Waals surface area contributed by atoms with Crippen molar-refractivity contribution in [2.75, 3.05) is 38.1 Å². The van der Waals surface area contributed by atoms with Crippen LogP contribution in [0.1, 0.15) is 59.2 Å². The number of primary amides is 1. The zero-order chi connectivity index (χ0) is 24.6. The molecule has 3 N–H and O–H groups in total.